The summed E-state index contributed by atoms with van der Waals surface area (Å²) in [5, 5.41) is 7.91. The normalized spacial score (nSPS) is 14.2. The Balaban J connectivity index is 1.39. The predicted molar refractivity (Wildman–Crippen MR) is 125 cm³/mol. The van der Waals surface area contributed by atoms with Crippen LogP contribution in [0.3, 0.4) is 0 Å². The minimum atomic E-state index is -0.0728. The van der Waals surface area contributed by atoms with Gasteiger partial charge in [0.15, 0.2) is 5.82 Å². The average molecular weight is 427 g/mol. The Morgan fingerprint density at radius 3 is 2.59 bits per heavy atom. The van der Waals surface area contributed by atoms with Gasteiger partial charge in [-0.1, -0.05) is 43.2 Å². The molecule has 0 bridgehead atoms. The minimum Gasteiger partial charge on any atom is -0.382 e. The molecule has 4 aromatic rings. The highest BCUT2D eigenvalue weighted by Crippen LogP contribution is 2.37. The lowest BCUT2D eigenvalue weighted by Crippen LogP contribution is -2.23. The van der Waals surface area contributed by atoms with Crippen LogP contribution in [0.4, 0.5) is 5.82 Å². The van der Waals surface area contributed by atoms with E-state index in [2.05, 4.69) is 15.3 Å². The lowest BCUT2D eigenvalue weighted by atomic mass is 10.0. The highest BCUT2D eigenvalue weighted by molar-refractivity contribution is 5.95. The van der Waals surface area contributed by atoms with Crippen molar-refractivity contribution in [2.45, 2.75) is 45.1 Å². The fraction of sp³-hybridized carbons (Fsp3) is 0.280. The number of benzene rings is 2. The number of carbonyl (C=O) groups is 1. The van der Waals surface area contributed by atoms with Crippen molar-refractivity contribution in [3.8, 4) is 5.69 Å². The van der Waals surface area contributed by atoms with Gasteiger partial charge in [0, 0.05) is 18.0 Å². The number of anilines is 1. The van der Waals surface area contributed by atoms with Crippen LogP contribution in [0.2, 0.25) is 0 Å². The molecule has 2 aromatic carbocycles. The van der Waals surface area contributed by atoms with E-state index in [9.17, 15) is 4.79 Å². The number of amides is 1. The van der Waals surface area contributed by atoms with Gasteiger partial charge in [-0.3, -0.25) is 4.79 Å². The van der Waals surface area contributed by atoms with Crippen molar-refractivity contribution < 1.29 is 4.79 Å². The number of nitrogens with zero attached hydrogens (tertiary/aromatic N) is 4. The Morgan fingerprint density at radius 2 is 1.84 bits per heavy atom. The number of rotatable bonds is 5. The number of aromatic nitrogens is 4. The zero-order chi connectivity index (χ0) is 22.1. The molecule has 7 nitrogen and oxygen atoms in total. The first-order valence-electron chi connectivity index (χ1n) is 11.0. The van der Waals surface area contributed by atoms with Crippen molar-refractivity contribution in [2.24, 2.45) is 0 Å². The maximum atomic E-state index is 12.5. The molecule has 5 rings (SSSR count). The number of hydrogen-bond donors (Lipinski definition) is 2. The third-order valence-corrected chi connectivity index (χ3v) is 6.28. The first-order valence-corrected chi connectivity index (χ1v) is 11.0. The molecule has 1 aliphatic rings. The van der Waals surface area contributed by atoms with Crippen molar-refractivity contribution in [3.63, 3.8) is 0 Å². The minimum absolute atomic E-state index is 0.0728. The summed E-state index contributed by atoms with van der Waals surface area (Å²) >= 11 is 0. The zero-order valence-corrected chi connectivity index (χ0v) is 18.1. The maximum Gasteiger partial charge on any atom is 0.251 e. The third-order valence-electron chi connectivity index (χ3n) is 6.28. The van der Waals surface area contributed by atoms with Crippen LogP contribution < -0.4 is 11.1 Å². The molecule has 3 N–H and O–H groups in total. The van der Waals surface area contributed by atoms with Crippen LogP contribution in [0.5, 0.6) is 0 Å². The van der Waals surface area contributed by atoms with Crippen molar-refractivity contribution in [1.29, 1.82) is 0 Å². The molecule has 162 valence electrons. The van der Waals surface area contributed by atoms with Crippen LogP contribution in [-0.4, -0.2) is 25.7 Å². The first kappa shape index (κ1) is 20.2. The van der Waals surface area contributed by atoms with Crippen molar-refractivity contribution in [3.05, 3.63) is 77.2 Å². The highest BCUT2D eigenvalue weighted by Gasteiger charge is 2.25. The van der Waals surface area contributed by atoms with E-state index in [1.54, 1.807) is 0 Å². The SMILES string of the molecule is Cc1ccccc1C(=O)NCc1ccc(-n2nc(C3CCCC3)c3ncnc(N)c32)cc1. The van der Waals surface area contributed by atoms with Gasteiger partial charge in [0.2, 0.25) is 0 Å². The fourth-order valence-electron chi connectivity index (χ4n) is 4.52. The quantitative estimate of drug-likeness (QED) is 0.496. The molecule has 0 aliphatic heterocycles. The molecule has 0 atom stereocenters. The topological polar surface area (TPSA) is 98.7 Å². The molecule has 0 spiro atoms. The van der Waals surface area contributed by atoms with Gasteiger partial charge in [-0.25, -0.2) is 14.6 Å². The molecule has 1 amide bonds. The summed E-state index contributed by atoms with van der Waals surface area (Å²) in [7, 11) is 0. The van der Waals surface area contributed by atoms with E-state index < -0.39 is 0 Å². The smallest absolute Gasteiger partial charge is 0.251 e. The Bertz CT molecular complexity index is 1270. The number of carbonyl (C=O) groups excluding carboxylic acids is 1. The number of nitrogens with two attached hydrogens (primary N) is 1. The largest absolute Gasteiger partial charge is 0.382 e. The summed E-state index contributed by atoms with van der Waals surface area (Å²) in [6.45, 7) is 2.39. The lowest BCUT2D eigenvalue weighted by molar-refractivity contribution is 0.0950. The van der Waals surface area contributed by atoms with E-state index >= 15 is 0 Å². The van der Waals surface area contributed by atoms with Gasteiger partial charge in [0.05, 0.1) is 11.4 Å². The third kappa shape index (κ3) is 3.70. The van der Waals surface area contributed by atoms with Crippen LogP contribution in [0.25, 0.3) is 16.7 Å². The van der Waals surface area contributed by atoms with Gasteiger partial charge >= 0.3 is 0 Å². The van der Waals surface area contributed by atoms with Crippen molar-refractivity contribution in [2.75, 3.05) is 5.73 Å². The Morgan fingerprint density at radius 1 is 1.09 bits per heavy atom. The summed E-state index contributed by atoms with van der Waals surface area (Å²) in [6.07, 6.45) is 6.23. The van der Waals surface area contributed by atoms with Gasteiger partial charge in [0.1, 0.15) is 17.4 Å². The van der Waals surface area contributed by atoms with Crippen LogP contribution >= 0.6 is 0 Å². The molecule has 1 aliphatic carbocycles. The summed E-state index contributed by atoms with van der Waals surface area (Å²) in [5.41, 5.74) is 12.4. The number of hydrogen-bond acceptors (Lipinski definition) is 5. The Kier molecular flexibility index (Phi) is 5.31. The number of aryl methyl sites for hydroxylation is 1. The molecule has 2 aromatic heterocycles. The van der Waals surface area contributed by atoms with Crippen molar-refractivity contribution in [1.82, 2.24) is 25.1 Å². The van der Waals surface area contributed by atoms with Crippen molar-refractivity contribution >= 4 is 22.8 Å². The van der Waals surface area contributed by atoms with E-state index in [1.807, 2.05) is 60.1 Å². The Labute approximate surface area is 186 Å². The van der Waals surface area contributed by atoms with E-state index in [4.69, 9.17) is 10.8 Å². The first-order chi connectivity index (χ1) is 15.6. The zero-order valence-electron chi connectivity index (χ0n) is 18.1. The highest BCUT2D eigenvalue weighted by atomic mass is 16.1. The van der Waals surface area contributed by atoms with Crippen LogP contribution in [0.1, 0.15) is 58.8 Å². The van der Waals surface area contributed by atoms with Crippen LogP contribution in [0, 0.1) is 6.92 Å². The second-order valence-electron chi connectivity index (χ2n) is 8.40. The standard InChI is InChI=1S/C25H26N6O/c1-16-6-2-5-9-20(16)25(32)27-14-17-10-12-19(13-11-17)31-23-22(28-15-29-24(23)26)21(30-31)18-7-3-4-8-18/h2,5-6,9-13,15,18H,3-4,7-8,14H2,1H3,(H,27,32)(H2,26,28,29). The molecule has 0 unspecified atom stereocenters. The van der Waals surface area contributed by atoms with E-state index in [-0.39, 0.29) is 5.91 Å². The van der Waals surface area contributed by atoms with Gasteiger partial charge < -0.3 is 11.1 Å². The molecule has 32 heavy (non-hydrogen) atoms. The molecule has 2 heterocycles. The summed E-state index contributed by atoms with van der Waals surface area (Å²) in [6, 6.07) is 15.6. The molecular weight excluding hydrogens is 400 g/mol. The molecule has 7 heteroatoms. The number of nitrogens with one attached hydrogen (secondary N) is 1. The molecule has 1 saturated carbocycles. The summed E-state index contributed by atoms with van der Waals surface area (Å²) < 4.78 is 1.86. The van der Waals surface area contributed by atoms with Gasteiger partial charge in [-0.15, -0.1) is 0 Å². The molecule has 1 fully saturated rings. The predicted octanol–water partition coefficient (Wildman–Crippen LogP) is 4.29. The van der Waals surface area contributed by atoms with Gasteiger partial charge in [-0.2, -0.15) is 5.10 Å². The summed E-state index contributed by atoms with van der Waals surface area (Å²) in [5.74, 6) is 0.779. The summed E-state index contributed by atoms with van der Waals surface area (Å²) in [4.78, 5) is 21.2. The second-order valence-corrected chi connectivity index (χ2v) is 8.40. The van der Waals surface area contributed by atoms with E-state index in [0.717, 1.165) is 46.4 Å². The monoisotopic (exact) mass is 426 g/mol. The van der Waals surface area contributed by atoms with E-state index in [1.165, 1.54) is 19.2 Å². The molecular formula is C25H26N6O. The van der Waals surface area contributed by atoms with Crippen LogP contribution in [0.15, 0.2) is 54.9 Å². The fourth-order valence-corrected chi connectivity index (χ4v) is 4.52. The molecule has 0 saturated heterocycles. The maximum absolute atomic E-state index is 12.5. The Hall–Kier alpha value is -3.74. The van der Waals surface area contributed by atoms with Crippen LogP contribution in [-0.2, 0) is 6.54 Å². The number of fused-ring (bicyclic) bond motifs is 1. The van der Waals surface area contributed by atoms with Gasteiger partial charge in [-0.05, 0) is 49.1 Å². The second kappa shape index (κ2) is 8.42. The van der Waals surface area contributed by atoms with E-state index in [0.29, 0.717) is 23.8 Å². The van der Waals surface area contributed by atoms with Gasteiger partial charge in [0.25, 0.3) is 5.91 Å². The lowest BCUT2D eigenvalue weighted by Gasteiger charge is -2.09. The average Bonchev–Trinajstić information content (AvgIpc) is 3.47. The number of nitrogen functional groups attached to an aromatic ring is 1. The molecule has 0 radical (unpaired) electrons.